The van der Waals surface area contributed by atoms with E-state index in [1.54, 1.807) is 0 Å². The first-order valence-electron chi connectivity index (χ1n) is 6.24. The topological polar surface area (TPSA) is 64.6 Å². The van der Waals surface area contributed by atoms with Crippen LogP contribution >= 0.6 is 11.6 Å². The maximum absolute atomic E-state index is 12.2. The molecule has 4 atom stereocenters. The second kappa shape index (κ2) is 7.12. The predicted molar refractivity (Wildman–Crippen MR) is 63.3 cm³/mol. The van der Waals surface area contributed by atoms with Crippen molar-refractivity contribution in [3.63, 3.8) is 0 Å². The number of alkyl halides is 7. The SMILES string of the molecule is C[C@@H]1OC(Cl)C[C@H](CNC(=O)C(F)(F)F)[C@H]1OC(=O)C(F)(F)F. The molecule has 1 aliphatic rings. The van der Waals surface area contributed by atoms with Crippen molar-refractivity contribution in [3.05, 3.63) is 0 Å². The van der Waals surface area contributed by atoms with Crippen LogP contribution in [0.25, 0.3) is 0 Å². The highest BCUT2D eigenvalue weighted by atomic mass is 35.5. The van der Waals surface area contributed by atoms with Crippen LogP contribution in [0.2, 0.25) is 0 Å². The molecule has 0 radical (unpaired) electrons. The van der Waals surface area contributed by atoms with Crippen molar-refractivity contribution in [2.24, 2.45) is 5.92 Å². The zero-order valence-electron chi connectivity index (χ0n) is 11.5. The van der Waals surface area contributed by atoms with E-state index in [-0.39, 0.29) is 6.42 Å². The second-order valence-corrected chi connectivity index (χ2v) is 5.31. The first-order chi connectivity index (χ1) is 10.3. The third-order valence-electron chi connectivity index (χ3n) is 3.03. The van der Waals surface area contributed by atoms with Gasteiger partial charge in [0.2, 0.25) is 0 Å². The number of carbonyl (C=O) groups is 2. The highest BCUT2D eigenvalue weighted by Crippen LogP contribution is 2.31. The van der Waals surface area contributed by atoms with Gasteiger partial charge in [-0.1, -0.05) is 11.6 Å². The van der Waals surface area contributed by atoms with Gasteiger partial charge in [0, 0.05) is 12.5 Å². The van der Waals surface area contributed by atoms with Crippen molar-refractivity contribution in [3.8, 4) is 0 Å². The number of nitrogens with one attached hydrogen (secondary N) is 1. The van der Waals surface area contributed by atoms with Crippen molar-refractivity contribution >= 4 is 23.5 Å². The smallest absolute Gasteiger partial charge is 0.453 e. The molecule has 0 aromatic heterocycles. The molecule has 1 heterocycles. The van der Waals surface area contributed by atoms with Gasteiger partial charge in [0.05, 0.1) is 6.10 Å². The summed E-state index contributed by atoms with van der Waals surface area (Å²) in [4.78, 5) is 21.7. The zero-order valence-corrected chi connectivity index (χ0v) is 12.3. The highest BCUT2D eigenvalue weighted by Gasteiger charge is 2.47. The molecule has 1 unspecified atom stereocenters. The Morgan fingerprint density at radius 1 is 1.22 bits per heavy atom. The Morgan fingerprint density at radius 2 is 1.78 bits per heavy atom. The van der Waals surface area contributed by atoms with Crippen LogP contribution in [0.4, 0.5) is 26.3 Å². The lowest BCUT2D eigenvalue weighted by Gasteiger charge is -2.38. The van der Waals surface area contributed by atoms with Gasteiger partial charge in [0.25, 0.3) is 0 Å². The van der Waals surface area contributed by atoms with Crippen LogP contribution in [-0.2, 0) is 19.1 Å². The average Bonchev–Trinajstić information content (AvgIpc) is 2.36. The van der Waals surface area contributed by atoms with Gasteiger partial charge >= 0.3 is 24.2 Å². The van der Waals surface area contributed by atoms with E-state index in [1.165, 1.54) is 12.2 Å². The molecule has 1 fully saturated rings. The Labute approximate surface area is 131 Å². The van der Waals surface area contributed by atoms with Crippen LogP contribution < -0.4 is 5.32 Å². The van der Waals surface area contributed by atoms with Crippen LogP contribution in [0.15, 0.2) is 0 Å². The Bertz CT molecular complexity index is 455. The first-order valence-corrected chi connectivity index (χ1v) is 6.68. The Kier molecular flexibility index (Phi) is 6.13. The summed E-state index contributed by atoms with van der Waals surface area (Å²) in [5.41, 5.74) is -1.00. The minimum Gasteiger partial charge on any atom is -0.453 e. The molecule has 5 nitrogen and oxygen atoms in total. The summed E-state index contributed by atoms with van der Waals surface area (Å²) >= 11 is 5.68. The number of ether oxygens (including phenoxy) is 2. The normalized spacial score (nSPS) is 29.0. The Hall–Kier alpha value is -1.23. The largest absolute Gasteiger partial charge is 0.490 e. The van der Waals surface area contributed by atoms with Gasteiger partial charge in [-0.2, -0.15) is 26.3 Å². The molecular formula is C11H12ClF6NO4. The van der Waals surface area contributed by atoms with E-state index < -0.39 is 54.5 Å². The number of amides is 1. The molecular weight excluding hydrogens is 360 g/mol. The maximum Gasteiger partial charge on any atom is 0.490 e. The van der Waals surface area contributed by atoms with Crippen LogP contribution in [-0.4, -0.2) is 48.5 Å². The summed E-state index contributed by atoms with van der Waals surface area (Å²) in [6.45, 7) is 0.576. The molecule has 1 rings (SSSR count). The Morgan fingerprint density at radius 3 is 2.26 bits per heavy atom. The number of halogens is 7. The van der Waals surface area contributed by atoms with Gasteiger partial charge in [0.15, 0.2) is 0 Å². The molecule has 0 saturated carbocycles. The van der Waals surface area contributed by atoms with E-state index in [2.05, 4.69) is 4.74 Å². The molecule has 1 saturated heterocycles. The number of esters is 1. The summed E-state index contributed by atoms with van der Waals surface area (Å²) in [7, 11) is 0. The van der Waals surface area contributed by atoms with Gasteiger partial charge in [-0.3, -0.25) is 4.79 Å². The predicted octanol–water partition coefficient (Wildman–Crippen LogP) is 2.13. The summed E-state index contributed by atoms with van der Waals surface area (Å²) in [5.74, 6) is -5.83. The molecule has 134 valence electrons. The van der Waals surface area contributed by atoms with E-state index in [0.29, 0.717) is 0 Å². The maximum atomic E-state index is 12.2. The molecule has 0 aromatic carbocycles. The molecule has 1 amide bonds. The van der Waals surface area contributed by atoms with Crippen LogP contribution in [0, 0.1) is 5.92 Å². The fraction of sp³-hybridized carbons (Fsp3) is 0.818. The minimum atomic E-state index is -5.27. The average molecular weight is 372 g/mol. The lowest BCUT2D eigenvalue weighted by Crippen LogP contribution is -2.51. The van der Waals surface area contributed by atoms with E-state index in [1.807, 2.05) is 0 Å². The summed E-state index contributed by atoms with van der Waals surface area (Å²) in [6, 6.07) is 0. The van der Waals surface area contributed by atoms with Crippen molar-refractivity contribution in [2.75, 3.05) is 6.54 Å². The third-order valence-corrected chi connectivity index (χ3v) is 3.32. The van der Waals surface area contributed by atoms with E-state index in [9.17, 15) is 35.9 Å². The second-order valence-electron chi connectivity index (χ2n) is 4.82. The number of hydrogen-bond acceptors (Lipinski definition) is 4. The van der Waals surface area contributed by atoms with Crippen LogP contribution in [0.5, 0.6) is 0 Å². The fourth-order valence-electron chi connectivity index (χ4n) is 2.03. The molecule has 0 aromatic rings. The molecule has 0 aliphatic carbocycles. The number of carbonyl (C=O) groups excluding carboxylic acids is 2. The third kappa shape index (κ3) is 5.72. The molecule has 23 heavy (non-hydrogen) atoms. The molecule has 12 heteroatoms. The molecule has 0 bridgehead atoms. The lowest BCUT2D eigenvalue weighted by atomic mass is 9.92. The van der Waals surface area contributed by atoms with Crippen LogP contribution in [0.1, 0.15) is 13.3 Å². The standard InChI is InChI=1S/C11H12ClF6NO4/c1-4-7(23-9(21)11(16,17)18)5(2-6(12)22-4)3-19-8(20)10(13,14)15/h4-7H,2-3H2,1H3,(H,19,20)/t4-,5+,6?,7-/m0/s1. The molecule has 1 aliphatic heterocycles. The quantitative estimate of drug-likeness (QED) is 0.469. The molecule has 1 N–H and O–H groups in total. The Balaban J connectivity index is 2.78. The van der Waals surface area contributed by atoms with E-state index >= 15 is 0 Å². The molecule has 0 spiro atoms. The van der Waals surface area contributed by atoms with Gasteiger partial charge in [-0.25, -0.2) is 4.79 Å². The van der Waals surface area contributed by atoms with Gasteiger partial charge in [-0.15, -0.1) is 0 Å². The van der Waals surface area contributed by atoms with Crippen molar-refractivity contribution in [1.82, 2.24) is 5.32 Å². The van der Waals surface area contributed by atoms with Gasteiger partial charge < -0.3 is 14.8 Å². The van der Waals surface area contributed by atoms with Gasteiger partial charge in [-0.05, 0) is 13.3 Å². The highest BCUT2D eigenvalue weighted by molar-refractivity contribution is 6.19. The first kappa shape index (κ1) is 19.8. The van der Waals surface area contributed by atoms with Crippen molar-refractivity contribution < 1.29 is 45.4 Å². The number of rotatable bonds is 3. The summed E-state index contributed by atoms with van der Waals surface area (Å²) < 4.78 is 82.4. The fourth-order valence-corrected chi connectivity index (χ4v) is 2.42. The number of hydrogen-bond donors (Lipinski definition) is 1. The minimum absolute atomic E-state index is 0.208. The van der Waals surface area contributed by atoms with Crippen molar-refractivity contribution in [1.29, 1.82) is 0 Å². The summed E-state index contributed by atoms with van der Waals surface area (Å²) in [6.07, 6.45) is -13.2. The van der Waals surface area contributed by atoms with Gasteiger partial charge in [0.1, 0.15) is 11.7 Å². The van der Waals surface area contributed by atoms with E-state index in [4.69, 9.17) is 16.3 Å². The van der Waals surface area contributed by atoms with Crippen molar-refractivity contribution in [2.45, 2.75) is 43.5 Å². The zero-order chi connectivity index (χ0) is 18.0. The lowest BCUT2D eigenvalue weighted by molar-refractivity contribution is -0.219. The summed E-state index contributed by atoms with van der Waals surface area (Å²) in [5, 5.41) is 1.52. The monoisotopic (exact) mass is 371 g/mol. The van der Waals surface area contributed by atoms with E-state index in [0.717, 1.165) is 0 Å². The van der Waals surface area contributed by atoms with Crippen LogP contribution in [0.3, 0.4) is 0 Å².